The molecule has 2 aliphatic rings. The molecule has 6 heteroatoms. The summed E-state index contributed by atoms with van der Waals surface area (Å²) >= 11 is 0. The van der Waals surface area contributed by atoms with Gasteiger partial charge in [0.25, 0.3) is 0 Å². The van der Waals surface area contributed by atoms with Crippen LogP contribution in [0, 0.1) is 5.92 Å². The number of fused-ring (bicyclic) bond motifs is 1. The van der Waals surface area contributed by atoms with Crippen LogP contribution >= 0.6 is 0 Å². The minimum atomic E-state index is -0.319. The first kappa shape index (κ1) is 18.7. The summed E-state index contributed by atoms with van der Waals surface area (Å²) in [5.41, 5.74) is 0.661. The molecule has 0 bridgehead atoms. The van der Waals surface area contributed by atoms with Crippen molar-refractivity contribution in [2.45, 2.75) is 51.1 Å². The van der Waals surface area contributed by atoms with E-state index in [1.165, 1.54) is 13.5 Å². The van der Waals surface area contributed by atoms with Crippen LogP contribution in [0.2, 0.25) is 0 Å². The van der Waals surface area contributed by atoms with Gasteiger partial charge in [-0.05, 0) is 44.2 Å². The van der Waals surface area contributed by atoms with Crippen molar-refractivity contribution in [1.29, 1.82) is 0 Å². The van der Waals surface area contributed by atoms with E-state index >= 15 is 0 Å². The number of anilines is 1. The fraction of sp³-hybridized carbons (Fsp3) is 0.600. The Hall–Kier alpha value is -2.08. The Morgan fingerprint density at radius 1 is 1.23 bits per heavy atom. The van der Waals surface area contributed by atoms with Crippen molar-refractivity contribution >= 4 is 17.6 Å². The Labute approximate surface area is 154 Å². The topological polar surface area (TPSA) is 67.9 Å². The van der Waals surface area contributed by atoms with Gasteiger partial charge in [-0.15, -0.1) is 0 Å². The minimum Gasteiger partial charge on any atom is -0.492 e. The van der Waals surface area contributed by atoms with E-state index < -0.39 is 0 Å². The zero-order valence-electron chi connectivity index (χ0n) is 15.6. The van der Waals surface area contributed by atoms with Crippen LogP contribution in [-0.4, -0.2) is 49.1 Å². The first-order valence-electron chi connectivity index (χ1n) is 9.49. The maximum atomic E-state index is 12.7. The molecule has 26 heavy (non-hydrogen) atoms. The van der Waals surface area contributed by atoms with Crippen LogP contribution in [0.25, 0.3) is 0 Å². The standard InChI is InChI=1S/C20H28N2O4/c1-3-26-18-11-7-5-9-15(18)21-19(23)13-22-16-10-6-4-8-14(16)12-17(22)20(24)25-2/h5,7,9,11,14,16-17H,3-4,6,8,10,12-13H2,1-2H3,(H,21,23)/t14-,16-,17+/m0/s1. The molecule has 3 rings (SSSR count). The van der Waals surface area contributed by atoms with E-state index in [0.29, 0.717) is 30.0 Å². The smallest absolute Gasteiger partial charge is 0.323 e. The monoisotopic (exact) mass is 360 g/mol. The molecular formula is C20H28N2O4. The Morgan fingerprint density at radius 2 is 2.00 bits per heavy atom. The lowest BCUT2D eigenvalue weighted by Gasteiger charge is -2.32. The van der Waals surface area contributed by atoms with E-state index in [1.807, 2.05) is 36.1 Å². The second-order valence-electron chi connectivity index (χ2n) is 7.04. The fourth-order valence-electron chi connectivity index (χ4n) is 4.35. The highest BCUT2D eigenvalue weighted by molar-refractivity contribution is 5.94. The van der Waals surface area contributed by atoms with Gasteiger partial charge in [0.1, 0.15) is 11.8 Å². The lowest BCUT2D eigenvalue weighted by atomic mass is 9.85. The summed E-state index contributed by atoms with van der Waals surface area (Å²) in [5, 5.41) is 2.94. The first-order valence-corrected chi connectivity index (χ1v) is 9.49. The summed E-state index contributed by atoms with van der Waals surface area (Å²) in [6.45, 7) is 2.64. The predicted molar refractivity (Wildman–Crippen MR) is 99.1 cm³/mol. The molecule has 0 radical (unpaired) electrons. The largest absolute Gasteiger partial charge is 0.492 e. The van der Waals surface area contributed by atoms with Crippen LogP contribution in [0.1, 0.15) is 39.0 Å². The number of carbonyl (C=O) groups excluding carboxylic acids is 2. The van der Waals surface area contributed by atoms with Crippen molar-refractivity contribution in [2.75, 3.05) is 25.6 Å². The number of carbonyl (C=O) groups is 2. The lowest BCUT2D eigenvalue weighted by Crippen LogP contribution is -2.46. The molecule has 6 nitrogen and oxygen atoms in total. The molecule has 3 atom stereocenters. The van der Waals surface area contributed by atoms with Crippen molar-refractivity contribution in [3.63, 3.8) is 0 Å². The van der Waals surface area contributed by atoms with E-state index in [1.54, 1.807) is 0 Å². The SMILES string of the molecule is CCOc1ccccc1NC(=O)CN1[C@@H](C(=O)OC)C[C@@H]2CCCC[C@@H]21. The molecule has 1 saturated heterocycles. The van der Waals surface area contributed by atoms with Gasteiger partial charge >= 0.3 is 5.97 Å². The number of ether oxygens (including phenoxy) is 2. The maximum Gasteiger partial charge on any atom is 0.323 e. The number of methoxy groups -OCH3 is 1. The van der Waals surface area contributed by atoms with Crippen molar-refractivity contribution in [3.8, 4) is 5.75 Å². The van der Waals surface area contributed by atoms with E-state index in [-0.39, 0.29) is 24.5 Å². The van der Waals surface area contributed by atoms with E-state index in [9.17, 15) is 9.59 Å². The molecule has 2 fully saturated rings. The Bertz CT molecular complexity index is 648. The van der Waals surface area contributed by atoms with E-state index in [0.717, 1.165) is 25.7 Å². The molecule has 1 aromatic carbocycles. The average Bonchev–Trinajstić information content (AvgIpc) is 3.01. The first-order chi connectivity index (χ1) is 12.6. The van der Waals surface area contributed by atoms with Gasteiger partial charge < -0.3 is 14.8 Å². The summed E-state index contributed by atoms with van der Waals surface area (Å²) in [5.74, 6) is 0.778. The van der Waals surface area contributed by atoms with Crippen LogP contribution in [0.4, 0.5) is 5.69 Å². The fourth-order valence-corrected chi connectivity index (χ4v) is 4.35. The Morgan fingerprint density at radius 3 is 2.77 bits per heavy atom. The van der Waals surface area contributed by atoms with Gasteiger partial charge in [-0.2, -0.15) is 0 Å². The molecule has 1 aromatic rings. The summed E-state index contributed by atoms with van der Waals surface area (Å²) in [7, 11) is 1.42. The summed E-state index contributed by atoms with van der Waals surface area (Å²) in [6, 6.07) is 7.38. The lowest BCUT2D eigenvalue weighted by molar-refractivity contribution is -0.146. The number of benzene rings is 1. The highest BCUT2D eigenvalue weighted by Gasteiger charge is 2.46. The predicted octanol–water partition coefficient (Wildman–Crippen LogP) is 2.83. The Balaban J connectivity index is 1.71. The van der Waals surface area contributed by atoms with Crippen LogP contribution in [0.5, 0.6) is 5.75 Å². The third-order valence-electron chi connectivity index (χ3n) is 5.48. The third kappa shape index (κ3) is 4.01. The molecule has 142 valence electrons. The van der Waals surface area contributed by atoms with Gasteiger partial charge in [-0.1, -0.05) is 25.0 Å². The molecule has 1 aliphatic heterocycles. The van der Waals surface area contributed by atoms with Gasteiger partial charge in [-0.3, -0.25) is 14.5 Å². The average molecular weight is 360 g/mol. The second-order valence-corrected chi connectivity index (χ2v) is 7.04. The zero-order chi connectivity index (χ0) is 18.5. The number of rotatable bonds is 6. The van der Waals surface area contributed by atoms with Crippen LogP contribution in [0.3, 0.4) is 0 Å². The molecule has 0 spiro atoms. The zero-order valence-corrected chi connectivity index (χ0v) is 15.6. The number of hydrogen-bond donors (Lipinski definition) is 1. The molecule has 1 saturated carbocycles. The normalized spacial score (nSPS) is 25.4. The number of hydrogen-bond acceptors (Lipinski definition) is 5. The van der Waals surface area contributed by atoms with Gasteiger partial charge in [0.05, 0.1) is 25.9 Å². The highest BCUT2D eigenvalue weighted by Crippen LogP contribution is 2.40. The summed E-state index contributed by atoms with van der Waals surface area (Å²) in [4.78, 5) is 27.0. The van der Waals surface area contributed by atoms with Gasteiger partial charge in [0, 0.05) is 6.04 Å². The number of para-hydroxylation sites is 2. The molecule has 1 heterocycles. The van der Waals surface area contributed by atoms with Crippen molar-refractivity contribution in [1.82, 2.24) is 4.90 Å². The van der Waals surface area contributed by atoms with Crippen molar-refractivity contribution in [2.24, 2.45) is 5.92 Å². The third-order valence-corrected chi connectivity index (χ3v) is 5.48. The van der Waals surface area contributed by atoms with Crippen LogP contribution < -0.4 is 10.1 Å². The van der Waals surface area contributed by atoms with Crippen molar-refractivity contribution in [3.05, 3.63) is 24.3 Å². The molecule has 0 aromatic heterocycles. The number of esters is 1. The second kappa shape index (κ2) is 8.54. The van der Waals surface area contributed by atoms with Gasteiger partial charge in [-0.25, -0.2) is 0 Å². The minimum absolute atomic E-state index is 0.128. The van der Waals surface area contributed by atoms with Crippen LogP contribution in [-0.2, 0) is 14.3 Å². The molecular weight excluding hydrogens is 332 g/mol. The van der Waals surface area contributed by atoms with Gasteiger partial charge in [0.2, 0.25) is 5.91 Å². The summed E-state index contributed by atoms with van der Waals surface area (Å²) < 4.78 is 10.6. The molecule has 1 amide bonds. The number of amides is 1. The van der Waals surface area contributed by atoms with E-state index in [4.69, 9.17) is 9.47 Å². The summed E-state index contributed by atoms with van der Waals surface area (Å²) in [6.07, 6.45) is 5.32. The Kier molecular flexibility index (Phi) is 6.14. The number of likely N-dealkylation sites (tertiary alicyclic amines) is 1. The highest BCUT2D eigenvalue weighted by atomic mass is 16.5. The van der Waals surface area contributed by atoms with Gasteiger partial charge in [0.15, 0.2) is 0 Å². The van der Waals surface area contributed by atoms with Crippen LogP contribution in [0.15, 0.2) is 24.3 Å². The molecule has 1 aliphatic carbocycles. The number of nitrogens with one attached hydrogen (secondary N) is 1. The van der Waals surface area contributed by atoms with Crippen molar-refractivity contribution < 1.29 is 19.1 Å². The number of nitrogens with zero attached hydrogens (tertiary/aromatic N) is 1. The molecule has 1 N–H and O–H groups in total. The maximum absolute atomic E-state index is 12.7. The van der Waals surface area contributed by atoms with E-state index in [2.05, 4.69) is 5.32 Å². The quantitative estimate of drug-likeness (QED) is 0.790. The molecule has 0 unspecified atom stereocenters.